The first-order valence-corrected chi connectivity index (χ1v) is 7.01. The Labute approximate surface area is 127 Å². The van der Waals surface area contributed by atoms with E-state index in [4.69, 9.17) is 4.74 Å². The molecule has 0 saturated carbocycles. The van der Waals surface area contributed by atoms with Gasteiger partial charge in [0.25, 0.3) is 0 Å². The van der Waals surface area contributed by atoms with E-state index in [1.807, 2.05) is 66.9 Å². The molecule has 0 amide bonds. The third kappa shape index (κ3) is 2.31. The van der Waals surface area contributed by atoms with Crippen LogP contribution in [0.25, 0.3) is 22.2 Å². The molecule has 4 aromatic rings. The fourth-order valence-electron chi connectivity index (χ4n) is 2.38. The summed E-state index contributed by atoms with van der Waals surface area (Å²) < 4.78 is 5.80. The molecule has 0 bridgehead atoms. The van der Waals surface area contributed by atoms with Crippen LogP contribution in [0, 0.1) is 0 Å². The van der Waals surface area contributed by atoms with Crippen molar-refractivity contribution in [3.05, 3.63) is 73.1 Å². The van der Waals surface area contributed by atoms with Crippen molar-refractivity contribution in [3.8, 4) is 22.8 Å². The quantitative estimate of drug-likeness (QED) is 0.607. The van der Waals surface area contributed by atoms with Gasteiger partial charge in [-0.05, 0) is 42.5 Å². The predicted octanol–water partition coefficient (Wildman–Crippen LogP) is 4.42. The zero-order chi connectivity index (χ0) is 14.8. The SMILES string of the molecule is c1ccc(Oc2ccc(-c3n[nH]c4ccncc34)cc2)cc1. The molecule has 22 heavy (non-hydrogen) atoms. The molecule has 2 aromatic carbocycles. The van der Waals surface area contributed by atoms with Crippen molar-refractivity contribution >= 4 is 10.9 Å². The molecule has 4 heteroatoms. The van der Waals surface area contributed by atoms with Gasteiger partial charge >= 0.3 is 0 Å². The first-order chi connectivity index (χ1) is 10.9. The Morgan fingerprint density at radius 3 is 2.41 bits per heavy atom. The van der Waals surface area contributed by atoms with Gasteiger partial charge in [-0.2, -0.15) is 5.10 Å². The lowest BCUT2D eigenvalue weighted by Gasteiger charge is -2.06. The normalized spacial score (nSPS) is 10.7. The maximum absolute atomic E-state index is 5.80. The van der Waals surface area contributed by atoms with E-state index in [1.54, 1.807) is 6.20 Å². The monoisotopic (exact) mass is 287 g/mol. The van der Waals surface area contributed by atoms with E-state index in [0.29, 0.717) is 0 Å². The molecule has 106 valence electrons. The number of rotatable bonds is 3. The summed E-state index contributed by atoms with van der Waals surface area (Å²) in [4.78, 5) is 4.16. The number of para-hydroxylation sites is 1. The number of H-pyrrole nitrogens is 1. The number of fused-ring (bicyclic) bond motifs is 1. The van der Waals surface area contributed by atoms with E-state index in [-0.39, 0.29) is 0 Å². The number of pyridine rings is 1. The standard InChI is InChI=1S/C18H13N3O/c1-2-4-14(5-3-1)22-15-8-6-13(7-9-15)18-16-12-19-11-10-17(16)20-21-18/h1-12H,(H,20,21). The second-order valence-corrected chi connectivity index (χ2v) is 4.93. The Bertz CT molecular complexity index is 898. The molecule has 0 aliphatic rings. The number of nitrogens with zero attached hydrogens (tertiary/aromatic N) is 2. The van der Waals surface area contributed by atoms with E-state index >= 15 is 0 Å². The summed E-state index contributed by atoms with van der Waals surface area (Å²) in [5, 5.41) is 8.41. The minimum atomic E-state index is 0.799. The van der Waals surface area contributed by atoms with Crippen LogP contribution in [0.5, 0.6) is 11.5 Å². The van der Waals surface area contributed by atoms with Gasteiger partial charge in [0, 0.05) is 23.3 Å². The Morgan fingerprint density at radius 1 is 0.818 bits per heavy atom. The smallest absolute Gasteiger partial charge is 0.127 e. The lowest BCUT2D eigenvalue weighted by atomic mass is 10.1. The van der Waals surface area contributed by atoms with Gasteiger partial charge in [-0.3, -0.25) is 10.1 Å². The van der Waals surface area contributed by atoms with Crippen LogP contribution in [-0.4, -0.2) is 15.2 Å². The van der Waals surface area contributed by atoms with Crippen molar-refractivity contribution < 1.29 is 4.74 Å². The van der Waals surface area contributed by atoms with E-state index in [1.165, 1.54) is 0 Å². The van der Waals surface area contributed by atoms with Crippen LogP contribution in [-0.2, 0) is 0 Å². The molecule has 0 radical (unpaired) electrons. The number of hydrogen-bond donors (Lipinski definition) is 1. The minimum absolute atomic E-state index is 0.799. The van der Waals surface area contributed by atoms with Gasteiger partial charge in [0.2, 0.25) is 0 Å². The van der Waals surface area contributed by atoms with Crippen molar-refractivity contribution in [1.82, 2.24) is 15.2 Å². The van der Waals surface area contributed by atoms with Crippen LogP contribution in [0.15, 0.2) is 73.1 Å². The van der Waals surface area contributed by atoms with Gasteiger partial charge in [-0.1, -0.05) is 18.2 Å². The van der Waals surface area contributed by atoms with Crippen LogP contribution < -0.4 is 4.74 Å². The molecule has 1 N–H and O–H groups in total. The number of hydrogen-bond acceptors (Lipinski definition) is 3. The van der Waals surface area contributed by atoms with E-state index in [0.717, 1.165) is 33.7 Å². The molecule has 0 unspecified atom stereocenters. The van der Waals surface area contributed by atoms with Gasteiger partial charge < -0.3 is 4.74 Å². The lowest BCUT2D eigenvalue weighted by molar-refractivity contribution is 0.483. The summed E-state index contributed by atoms with van der Waals surface area (Å²) in [5.41, 5.74) is 2.91. The van der Waals surface area contributed by atoms with E-state index in [9.17, 15) is 0 Å². The number of nitrogens with one attached hydrogen (secondary N) is 1. The molecular weight excluding hydrogens is 274 g/mol. The number of benzene rings is 2. The number of aromatic nitrogens is 3. The molecule has 0 aliphatic carbocycles. The van der Waals surface area contributed by atoms with Crippen molar-refractivity contribution in [2.75, 3.05) is 0 Å². The van der Waals surface area contributed by atoms with Crippen LogP contribution in [0.2, 0.25) is 0 Å². The van der Waals surface area contributed by atoms with Gasteiger partial charge in [0.05, 0.1) is 5.52 Å². The molecule has 2 aromatic heterocycles. The van der Waals surface area contributed by atoms with Crippen molar-refractivity contribution in [2.45, 2.75) is 0 Å². The zero-order valence-electron chi connectivity index (χ0n) is 11.7. The van der Waals surface area contributed by atoms with E-state index in [2.05, 4.69) is 15.2 Å². The van der Waals surface area contributed by atoms with Gasteiger partial charge in [0.1, 0.15) is 17.2 Å². The number of aromatic amines is 1. The molecule has 4 nitrogen and oxygen atoms in total. The second kappa shape index (κ2) is 5.33. The molecule has 4 rings (SSSR count). The Kier molecular flexibility index (Phi) is 3.05. The van der Waals surface area contributed by atoms with Crippen LogP contribution in [0.1, 0.15) is 0 Å². The Balaban J connectivity index is 1.64. The highest BCUT2D eigenvalue weighted by Gasteiger charge is 2.08. The molecule has 0 spiro atoms. The van der Waals surface area contributed by atoms with Gasteiger partial charge in [-0.15, -0.1) is 0 Å². The third-order valence-corrected chi connectivity index (χ3v) is 3.47. The largest absolute Gasteiger partial charge is 0.457 e. The van der Waals surface area contributed by atoms with Crippen molar-refractivity contribution in [2.24, 2.45) is 0 Å². The first kappa shape index (κ1) is 12.6. The summed E-state index contributed by atoms with van der Waals surface area (Å²) in [6.45, 7) is 0. The predicted molar refractivity (Wildman–Crippen MR) is 85.8 cm³/mol. The van der Waals surface area contributed by atoms with Crippen molar-refractivity contribution in [1.29, 1.82) is 0 Å². The van der Waals surface area contributed by atoms with E-state index < -0.39 is 0 Å². The molecule has 0 saturated heterocycles. The third-order valence-electron chi connectivity index (χ3n) is 3.47. The summed E-state index contributed by atoms with van der Waals surface area (Å²) in [7, 11) is 0. The molecule has 2 heterocycles. The minimum Gasteiger partial charge on any atom is -0.457 e. The highest BCUT2D eigenvalue weighted by Crippen LogP contribution is 2.28. The summed E-state index contributed by atoms with van der Waals surface area (Å²) in [6.07, 6.45) is 3.57. The van der Waals surface area contributed by atoms with Crippen molar-refractivity contribution in [3.63, 3.8) is 0 Å². The molecule has 0 aliphatic heterocycles. The molecule has 0 fully saturated rings. The molecule has 0 atom stereocenters. The maximum atomic E-state index is 5.80. The zero-order valence-corrected chi connectivity index (χ0v) is 11.7. The van der Waals surface area contributed by atoms with Crippen LogP contribution >= 0.6 is 0 Å². The Morgan fingerprint density at radius 2 is 1.59 bits per heavy atom. The van der Waals surface area contributed by atoms with Gasteiger partial charge in [0.15, 0.2) is 0 Å². The highest BCUT2D eigenvalue weighted by molar-refractivity contribution is 5.92. The second-order valence-electron chi connectivity index (χ2n) is 4.93. The summed E-state index contributed by atoms with van der Waals surface area (Å²) >= 11 is 0. The summed E-state index contributed by atoms with van der Waals surface area (Å²) in [6, 6.07) is 19.5. The summed E-state index contributed by atoms with van der Waals surface area (Å²) in [5.74, 6) is 1.62. The fraction of sp³-hybridized carbons (Fsp3) is 0. The van der Waals surface area contributed by atoms with Gasteiger partial charge in [-0.25, -0.2) is 0 Å². The fourth-order valence-corrected chi connectivity index (χ4v) is 2.38. The average molecular weight is 287 g/mol. The molecular formula is C18H13N3O. The lowest BCUT2D eigenvalue weighted by Crippen LogP contribution is -1.84. The van der Waals surface area contributed by atoms with Crippen LogP contribution in [0.4, 0.5) is 0 Å². The number of ether oxygens (including phenoxy) is 1. The van der Waals surface area contributed by atoms with Crippen LogP contribution in [0.3, 0.4) is 0 Å². The first-order valence-electron chi connectivity index (χ1n) is 7.01. The topological polar surface area (TPSA) is 50.8 Å². The Hall–Kier alpha value is -3.14. The highest BCUT2D eigenvalue weighted by atomic mass is 16.5. The average Bonchev–Trinajstić information content (AvgIpc) is 3.01. The maximum Gasteiger partial charge on any atom is 0.127 e.